The van der Waals surface area contributed by atoms with E-state index in [1.807, 2.05) is 0 Å². The van der Waals surface area contributed by atoms with E-state index in [0.29, 0.717) is 11.4 Å². The minimum absolute atomic E-state index is 0.106. The van der Waals surface area contributed by atoms with Crippen LogP contribution in [0.1, 0.15) is 17.8 Å². The van der Waals surface area contributed by atoms with Gasteiger partial charge in [-0.15, -0.1) is 0 Å². The lowest BCUT2D eigenvalue weighted by molar-refractivity contribution is -0.132. The maximum atomic E-state index is 12.7. The Balaban J connectivity index is 2.18. The molecule has 0 spiro atoms. The minimum atomic E-state index is -3.85. The lowest BCUT2D eigenvalue weighted by atomic mass is 10.0. The SMILES string of the molecule is Nc1nc2c(n1S(=O)(=O)c1ccccc1)CCC(C(=O)O)=C2. The monoisotopic (exact) mass is 319 g/mol. The molecular formula is C14H13N3O4S. The van der Waals surface area contributed by atoms with Crippen molar-refractivity contribution in [2.24, 2.45) is 0 Å². The number of carbonyl (C=O) groups is 1. The standard InChI is InChI=1S/C14H13N3O4S/c15-14-16-11-8-9(13(18)19)6-7-12(11)17(14)22(20,21)10-4-2-1-3-5-10/h1-5,8H,6-7H2,(H2,15,16)(H,18,19). The molecule has 1 heterocycles. The molecule has 0 fully saturated rings. The van der Waals surface area contributed by atoms with Gasteiger partial charge in [-0.2, -0.15) is 0 Å². The Morgan fingerprint density at radius 1 is 1.23 bits per heavy atom. The summed E-state index contributed by atoms with van der Waals surface area (Å²) in [6.45, 7) is 0. The molecule has 8 heteroatoms. The average molecular weight is 319 g/mol. The number of fused-ring (bicyclic) bond motifs is 1. The van der Waals surface area contributed by atoms with Crippen LogP contribution in [0, 0.1) is 0 Å². The van der Waals surface area contributed by atoms with E-state index in [0.717, 1.165) is 3.97 Å². The summed E-state index contributed by atoms with van der Waals surface area (Å²) in [6, 6.07) is 7.91. The Hall–Kier alpha value is -2.61. The Labute approximate surface area is 126 Å². The number of imidazole rings is 1. The maximum Gasteiger partial charge on any atom is 0.331 e. The van der Waals surface area contributed by atoms with E-state index >= 15 is 0 Å². The van der Waals surface area contributed by atoms with Gasteiger partial charge in [0.15, 0.2) is 0 Å². The van der Waals surface area contributed by atoms with Crippen molar-refractivity contribution >= 4 is 28.0 Å². The quantitative estimate of drug-likeness (QED) is 0.876. The van der Waals surface area contributed by atoms with E-state index in [4.69, 9.17) is 10.8 Å². The van der Waals surface area contributed by atoms with Crippen LogP contribution in [0.25, 0.3) is 6.08 Å². The number of carboxylic acids is 1. The van der Waals surface area contributed by atoms with Crippen LogP contribution in [0.5, 0.6) is 0 Å². The van der Waals surface area contributed by atoms with Crippen LogP contribution in [0.2, 0.25) is 0 Å². The molecule has 7 nitrogen and oxygen atoms in total. The normalized spacial score (nSPS) is 14.3. The molecule has 1 aliphatic rings. The van der Waals surface area contributed by atoms with Gasteiger partial charge < -0.3 is 10.8 Å². The van der Waals surface area contributed by atoms with Gasteiger partial charge in [-0.1, -0.05) is 18.2 Å². The fourth-order valence-corrected chi connectivity index (χ4v) is 3.92. The molecule has 114 valence electrons. The molecule has 0 unspecified atom stereocenters. The zero-order chi connectivity index (χ0) is 15.9. The zero-order valence-corrected chi connectivity index (χ0v) is 12.2. The molecule has 1 aromatic carbocycles. The van der Waals surface area contributed by atoms with Crippen LogP contribution in [0.3, 0.4) is 0 Å². The van der Waals surface area contributed by atoms with E-state index in [1.165, 1.54) is 18.2 Å². The lowest BCUT2D eigenvalue weighted by Crippen LogP contribution is -2.19. The number of aliphatic carboxylic acids is 1. The number of carboxylic acid groups (broad SMARTS) is 1. The number of nitrogen functional groups attached to an aromatic ring is 1. The molecule has 0 radical (unpaired) electrons. The molecule has 22 heavy (non-hydrogen) atoms. The van der Waals surface area contributed by atoms with Crippen LogP contribution in [-0.2, 0) is 21.2 Å². The average Bonchev–Trinajstić information content (AvgIpc) is 2.83. The highest BCUT2D eigenvalue weighted by molar-refractivity contribution is 7.90. The Kier molecular flexibility index (Phi) is 3.25. The second-order valence-corrected chi connectivity index (χ2v) is 6.65. The zero-order valence-electron chi connectivity index (χ0n) is 11.4. The summed E-state index contributed by atoms with van der Waals surface area (Å²) in [5, 5.41) is 9.03. The first-order valence-electron chi connectivity index (χ1n) is 6.53. The number of nitrogens with zero attached hydrogens (tertiary/aromatic N) is 2. The smallest absolute Gasteiger partial charge is 0.331 e. The van der Waals surface area contributed by atoms with Gasteiger partial charge in [0.1, 0.15) is 0 Å². The van der Waals surface area contributed by atoms with E-state index in [9.17, 15) is 13.2 Å². The molecule has 3 N–H and O–H groups in total. The third-order valence-electron chi connectivity index (χ3n) is 3.48. The molecule has 0 bridgehead atoms. The number of anilines is 1. The van der Waals surface area contributed by atoms with Crippen molar-refractivity contribution in [3.63, 3.8) is 0 Å². The molecule has 3 rings (SSSR count). The summed E-state index contributed by atoms with van der Waals surface area (Å²) in [5.41, 5.74) is 6.65. The van der Waals surface area contributed by atoms with Gasteiger partial charge in [0.2, 0.25) is 5.95 Å². The first kappa shape index (κ1) is 14.3. The minimum Gasteiger partial charge on any atom is -0.478 e. The van der Waals surface area contributed by atoms with E-state index in [-0.39, 0.29) is 29.3 Å². The molecule has 2 aromatic rings. The fourth-order valence-electron chi connectivity index (χ4n) is 2.45. The van der Waals surface area contributed by atoms with Crippen molar-refractivity contribution in [2.45, 2.75) is 17.7 Å². The lowest BCUT2D eigenvalue weighted by Gasteiger charge is -2.14. The van der Waals surface area contributed by atoms with Crippen LogP contribution in [0.15, 0.2) is 40.8 Å². The molecule has 0 aliphatic heterocycles. The molecule has 0 saturated heterocycles. The summed E-state index contributed by atoms with van der Waals surface area (Å²) in [4.78, 5) is 15.1. The second kappa shape index (κ2) is 4.99. The number of hydrogen-bond donors (Lipinski definition) is 2. The summed E-state index contributed by atoms with van der Waals surface area (Å²) in [7, 11) is -3.85. The van der Waals surface area contributed by atoms with Gasteiger partial charge in [0.05, 0.1) is 16.3 Å². The topological polar surface area (TPSA) is 115 Å². The summed E-state index contributed by atoms with van der Waals surface area (Å²) < 4.78 is 26.4. The highest BCUT2D eigenvalue weighted by Gasteiger charge is 2.28. The van der Waals surface area contributed by atoms with Crippen molar-refractivity contribution in [3.05, 3.63) is 47.3 Å². The van der Waals surface area contributed by atoms with Gasteiger partial charge >= 0.3 is 5.97 Å². The van der Waals surface area contributed by atoms with Gasteiger partial charge in [-0.3, -0.25) is 0 Å². The Morgan fingerprint density at radius 2 is 1.91 bits per heavy atom. The summed E-state index contributed by atoms with van der Waals surface area (Å²) in [6.07, 6.45) is 1.86. The molecular weight excluding hydrogens is 306 g/mol. The number of rotatable bonds is 3. The van der Waals surface area contributed by atoms with Gasteiger partial charge in [0.25, 0.3) is 10.0 Å². The van der Waals surface area contributed by atoms with Gasteiger partial charge in [0, 0.05) is 5.57 Å². The predicted octanol–water partition coefficient (Wildman–Crippen LogP) is 1.12. The Bertz CT molecular complexity index is 882. The number of benzene rings is 1. The van der Waals surface area contributed by atoms with Crippen LogP contribution in [0.4, 0.5) is 5.95 Å². The van der Waals surface area contributed by atoms with Crippen molar-refractivity contribution in [3.8, 4) is 0 Å². The van der Waals surface area contributed by atoms with Crippen LogP contribution < -0.4 is 5.73 Å². The van der Waals surface area contributed by atoms with E-state index in [2.05, 4.69) is 4.98 Å². The first-order valence-corrected chi connectivity index (χ1v) is 7.97. The highest BCUT2D eigenvalue weighted by Crippen LogP contribution is 2.29. The van der Waals surface area contributed by atoms with Crippen molar-refractivity contribution in [1.82, 2.24) is 8.96 Å². The van der Waals surface area contributed by atoms with Crippen LogP contribution in [-0.4, -0.2) is 28.5 Å². The fraction of sp³-hybridized carbons (Fsp3) is 0.143. The van der Waals surface area contributed by atoms with Gasteiger partial charge in [-0.25, -0.2) is 22.2 Å². The predicted molar refractivity (Wildman–Crippen MR) is 79.6 cm³/mol. The van der Waals surface area contributed by atoms with Crippen molar-refractivity contribution in [1.29, 1.82) is 0 Å². The second-order valence-electron chi connectivity index (χ2n) is 4.86. The molecule has 1 aliphatic carbocycles. The Morgan fingerprint density at radius 3 is 2.55 bits per heavy atom. The molecule has 1 aromatic heterocycles. The first-order chi connectivity index (χ1) is 10.4. The number of hydrogen-bond acceptors (Lipinski definition) is 5. The molecule has 0 amide bonds. The van der Waals surface area contributed by atoms with E-state index in [1.54, 1.807) is 18.2 Å². The third kappa shape index (κ3) is 2.17. The van der Waals surface area contributed by atoms with E-state index < -0.39 is 16.0 Å². The molecule has 0 atom stereocenters. The highest BCUT2D eigenvalue weighted by atomic mass is 32.2. The van der Waals surface area contributed by atoms with Crippen LogP contribution >= 0.6 is 0 Å². The largest absolute Gasteiger partial charge is 0.478 e. The van der Waals surface area contributed by atoms with Gasteiger partial charge in [-0.05, 0) is 31.1 Å². The summed E-state index contributed by atoms with van der Waals surface area (Å²) in [5.74, 6) is -1.21. The van der Waals surface area contributed by atoms with Crippen molar-refractivity contribution < 1.29 is 18.3 Å². The number of aromatic nitrogens is 2. The number of nitrogens with two attached hydrogens (primary N) is 1. The summed E-state index contributed by atoms with van der Waals surface area (Å²) >= 11 is 0. The van der Waals surface area contributed by atoms with Crippen molar-refractivity contribution in [2.75, 3.05) is 5.73 Å². The third-order valence-corrected chi connectivity index (χ3v) is 5.24. The molecule has 0 saturated carbocycles. The maximum absolute atomic E-state index is 12.7.